The summed E-state index contributed by atoms with van der Waals surface area (Å²) in [6.45, 7) is 9.73. The summed E-state index contributed by atoms with van der Waals surface area (Å²) in [5.74, 6) is -2.14. The van der Waals surface area contributed by atoms with Gasteiger partial charge in [0.15, 0.2) is 0 Å². The van der Waals surface area contributed by atoms with Gasteiger partial charge < -0.3 is 25.4 Å². The highest BCUT2D eigenvalue weighted by atomic mass is 35.5. The number of piperidine rings is 1. The zero-order valence-electron chi connectivity index (χ0n) is 23.6. The lowest BCUT2D eigenvalue weighted by molar-refractivity contribution is -0.156. The Labute approximate surface area is 240 Å². The molecule has 0 radical (unpaired) electrons. The number of esters is 1. The van der Waals surface area contributed by atoms with Crippen LogP contribution in [0, 0.1) is 11.3 Å². The zero-order valence-corrected chi connectivity index (χ0v) is 24.4. The van der Waals surface area contributed by atoms with Crippen molar-refractivity contribution in [2.45, 2.75) is 52.7 Å². The van der Waals surface area contributed by atoms with Crippen LogP contribution in [0.25, 0.3) is 0 Å². The molecule has 3 N–H and O–H groups in total. The maximum atomic E-state index is 13.4. The number of hydrogen-bond acceptors (Lipinski definition) is 6. The quantitative estimate of drug-likeness (QED) is 0.395. The molecule has 0 spiro atoms. The van der Waals surface area contributed by atoms with Gasteiger partial charge in [-0.1, -0.05) is 50.6 Å². The third-order valence-corrected chi connectivity index (χ3v) is 7.92. The number of benzene rings is 2. The van der Waals surface area contributed by atoms with Crippen molar-refractivity contribution in [1.82, 2.24) is 15.5 Å². The van der Waals surface area contributed by atoms with Crippen molar-refractivity contribution in [2.24, 2.45) is 11.3 Å². The average molecular weight is 572 g/mol. The molecule has 1 heterocycles. The largest absolute Gasteiger partial charge is 0.465 e. The van der Waals surface area contributed by atoms with Crippen molar-refractivity contribution in [1.29, 1.82) is 0 Å². The Morgan fingerprint density at radius 2 is 1.68 bits per heavy atom. The van der Waals surface area contributed by atoms with Gasteiger partial charge in [-0.2, -0.15) is 0 Å². The number of hydrogen-bond donors (Lipinski definition) is 3. The minimum Gasteiger partial charge on any atom is -0.465 e. The maximum Gasteiger partial charge on any atom is 0.325 e. The molecule has 1 fully saturated rings. The summed E-state index contributed by atoms with van der Waals surface area (Å²) >= 11 is 6.03. The Morgan fingerprint density at radius 3 is 2.27 bits per heavy atom. The Kier molecular flexibility index (Phi) is 9.97. The molecule has 40 heavy (non-hydrogen) atoms. The number of rotatable bonds is 9. The minimum absolute atomic E-state index is 0.119. The predicted octanol–water partition coefficient (Wildman–Crippen LogP) is 3.53. The van der Waals surface area contributed by atoms with Crippen molar-refractivity contribution < 1.29 is 29.0 Å². The topological polar surface area (TPSA) is 125 Å². The van der Waals surface area contributed by atoms with Crippen LogP contribution < -0.4 is 10.6 Å². The Morgan fingerprint density at radius 1 is 1.05 bits per heavy atom. The third-order valence-electron chi connectivity index (χ3n) is 7.67. The summed E-state index contributed by atoms with van der Waals surface area (Å²) in [5, 5.41) is 17.5. The van der Waals surface area contributed by atoms with Gasteiger partial charge in [0.2, 0.25) is 5.91 Å². The normalized spacial score (nSPS) is 19.7. The molecule has 9 nitrogen and oxygen atoms in total. The van der Waals surface area contributed by atoms with Gasteiger partial charge in [-0.15, -0.1) is 0 Å². The fourth-order valence-corrected chi connectivity index (χ4v) is 5.08. The van der Waals surface area contributed by atoms with E-state index in [0.29, 0.717) is 24.5 Å². The lowest BCUT2D eigenvalue weighted by atomic mass is 9.66. The van der Waals surface area contributed by atoms with Gasteiger partial charge in [-0.05, 0) is 56.2 Å². The first-order valence-electron chi connectivity index (χ1n) is 13.4. The van der Waals surface area contributed by atoms with Crippen LogP contribution >= 0.6 is 11.6 Å². The molecule has 1 aliphatic heterocycles. The van der Waals surface area contributed by atoms with E-state index in [0.717, 1.165) is 5.56 Å². The second kappa shape index (κ2) is 12.8. The van der Waals surface area contributed by atoms with Crippen LogP contribution in [0.2, 0.25) is 5.02 Å². The number of likely N-dealkylation sites (tertiary alicyclic amines) is 1. The molecule has 3 rings (SSSR count). The molecule has 216 valence electrons. The second-order valence-corrected chi connectivity index (χ2v) is 11.3. The first-order valence-corrected chi connectivity index (χ1v) is 13.8. The van der Waals surface area contributed by atoms with Crippen LogP contribution in [0.1, 0.15) is 67.3 Å². The lowest BCUT2D eigenvalue weighted by Crippen LogP contribution is -2.58. The van der Waals surface area contributed by atoms with Gasteiger partial charge in [-0.3, -0.25) is 19.2 Å². The number of amides is 3. The number of carbonyl (C=O) groups is 4. The van der Waals surface area contributed by atoms with Gasteiger partial charge in [0.1, 0.15) is 6.54 Å². The molecule has 3 atom stereocenters. The van der Waals surface area contributed by atoms with E-state index in [1.165, 1.54) is 12.1 Å². The number of halogens is 1. The Balaban J connectivity index is 1.61. The molecule has 1 saturated heterocycles. The third kappa shape index (κ3) is 7.01. The van der Waals surface area contributed by atoms with Crippen molar-refractivity contribution in [3.8, 4) is 0 Å². The van der Waals surface area contributed by atoms with Gasteiger partial charge >= 0.3 is 5.97 Å². The van der Waals surface area contributed by atoms with Gasteiger partial charge in [0.05, 0.1) is 18.1 Å². The summed E-state index contributed by atoms with van der Waals surface area (Å²) in [5.41, 5.74) is -0.514. The predicted molar refractivity (Wildman–Crippen MR) is 152 cm³/mol. The summed E-state index contributed by atoms with van der Waals surface area (Å²) in [6, 6.07) is 12.8. The summed E-state index contributed by atoms with van der Waals surface area (Å²) in [7, 11) is 0. The first-order chi connectivity index (χ1) is 18.8. The van der Waals surface area contributed by atoms with Gasteiger partial charge in [0, 0.05) is 40.7 Å². The Bertz CT molecular complexity index is 1250. The molecule has 0 aliphatic carbocycles. The molecule has 1 unspecified atom stereocenters. The van der Waals surface area contributed by atoms with E-state index < -0.39 is 40.8 Å². The van der Waals surface area contributed by atoms with E-state index >= 15 is 0 Å². The molecule has 2 aromatic carbocycles. The molecule has 2 aromatic rings. The molecular formula is C30H38ClN3O6. The molecule has 0 aromatic heterocycles. The highest BCUT2D eigenvalue weighted by molar-refractivity contribution is 6.30. The Hall–Kier alpha value is -3.43. The molecule has 10 heteroatoms. The second-order valence-electron chi connectivity index (χ2n) is 10.9. The van der Waals surface area contributed by atoms with Crippen molar-refractivity contribution in [3.05, 3.63) is 70.2 Å². The van der Waals surface area contributed by atoms with Gasteiger partial charge in [0.25, 0.3) is 11.8 Å². The molecule has 0 bridgehead atoms. The van der Waals surface area contributed by atoms with Crippen LogP contribution in [-0.2, 0) is 19.9 Å². The molecular weight excluding hydrogens is 534 g/mol. The maximum absolute atomic E-state index is 13.4. The number of aliphatic hydroxyl groups is 1. The number of ether oxygens (including phenoxy) is 1. The van der Waals surface area contributed by atoms with E-state index in [-0.39, 0.29) is 30.2 Å². The van der Waals surface area contributed by atoms with Crippen molar-refractivity contribution >= 4 is 35.3 Å². The summed E-state index contributed by atoms with van der Waals surface area (Å²) in [4.78, 5) is 52.1. The highest BCUT2D eigenvalue weighted by Gasteiger charge is 2.50. The van der Waals surface area contributed by atoms with Crippen molar-refractivity contribution in [3.63, 3.8) is 0 Å². The first kappa shape index (κ1) is 31.1. The molecule has 3 amide bonds. The minimum atomic E-state index is -1.12. The summed E-state index contributed by atoms with van der Waals surface area (Å²) < 4.78 is 4.80. The van der Waals surface area contributed by atoms with Crippen molar-refractivity contribution in [2.75, 3.05) is 26.2 Å². The number of carbonyl (C=O) groups excluding carboxylic acids is 4. The van der Waals surface area contributed by atoms with Gasteiger partial charge in [-0.25, -0.2) is 0 Å². The molecule has 0 saturated carbocycles. The van der Waals surface area contributed by atoms with Crippen LogP contribution in [-0.4, -0.2) is 66.0 Å². The van der Waals surface area contributed by atoms with Crippen LogP contribution in [0.15, 0.2) is 48.5 Å². The monoisotopic (exact) mass is 571 g/mol. The van der Waals surface area contributed by atoms with E-state index in [4.69, 9.17) is 16.3 Å². The van der Waals surface area contributed by atoms with E-state index in [1.807, 2.05) is 26.0 Å². The zero-order chi connectivity index (χ0) is 29.7. The number of nitrogens with zero attached hydrogens (tertiary/aromatic N) is 1. The lowest BCUT2D eigenvalue weighted by Gasteiger charge is -2.51. The number of nitrogens with one attached hydrogen (secondary N) is 2. The highest BCUT2D eigenvalue weighted by Crippen LogP contribution is 2.46. The molecule has 1 aliphatic rings. The fraction of sp³-hybridized carbons (Fsp3) is 0.467. The van der Waals surface area contributed by atoms with E-state index in [1.54, 1.807) is 49.9 Å². The summed E-state index contributed by atoms with van der Waals surface area (Å²) in [6.07, 6.45) is 0.367. The van der Waals surface area contributed by atoms with E-state index in [9.17, 15) is 24.3 Å². The van der Waals surface area contributed by atoms with Crippen LogP contribution in [0.4, 0.5) is 0 Å². The average Bonchev–Trinajstić information content (AvgIpc) is 2.92. The SMILES string of the molecule is CCOC(=O)CNC(=O)c1cccc(C(=O)NC(C)[C@@H](C)C(=O)N2CC[C@](O)(c3ccc(Cl)cc3)C(C)(C)C2)c1. The standard InChI is InChI=1S/C30H38ClN3O6/c1-6-40-25(35)17-32-26(36)21-8-7-9-22(16-21)27(37)33-20(3)19(2)28(38)34-15-14-30(39,29(4,5)18-34)23-10-12-24(31)13-11-23/h7-13,16,19-20,39H,6,14-15,17-18H2,1-5H3,(H,32,36)(H,33,37)/t19-,20?,30+/m1/s1. The van der Waals surface area contributed by atoms with Crippen LogP contribution in [0.3, 0.4) is 0 Å². The smallest absolute Gasteiger partial charge is 0.325 e. The van der Waals surface area contributed by atoms with Crippen LogP contribution in [0.5, 0.6) is 0 Å². The fourth-order valence-electron chi connectivity index (χ4n) is 4.96. The van der Waals surface area contributed by atoms with E-state index in [2.05, 4.69) is 10.6 Å².